The van der Waals surface area contributed by atoms with E-state index < -0.39 is 0 Å². The SMILES string of the molecule is Nc1cnn(C2CCC3(CC2)CC3)c1. The van der Waals surface area contributed by atoms with Crippen molar-refractivity contribution < 1.29 is 0 Å². The predicted octanol–water partition coefficient (Wildman–Crippen LogP) is 2.36. The van der Waals surface area contributed by atoms with Crippen LogP contribution in [0.3, 0.4) is 0 Å². The zero-order valence-corrected chi connectivity index (χ0v) is 8.45. The van der Waals surface area contributed by atoms with Crippen molar-refractivity contribution in [2.75, 3.05) is 5.73 Å². The van der Waals surface area contributed by atoms with Crippen LogP contribution in [0.25, 0.3) is 0 Å². The number of anilines is 1. The second kappa shape index (κ2) is 2.75. The molecular formula is C11H17N3. The van der Waals surface area contributed by atoms with Gasteiger partial charge in [0, 0.05) is 6.20 Å². The third-order valence-corrected chi connectivity index (χ3v) is 3.97. The molecule has 2 aliphatic carbocycles. The summed E-state index contributed by atoms with van der Waals surface area (Å²) in [5.74, 6) is 0. The van der Waals surface area contributed by atoms with Crippen LogP contribution in [0.4, 0.5) is 5.69 Å². The van der Waals surface area contributed by atoms with Gasteiger partial charge in [-0.2, -0.15) is 5.10 Å². The molecular weight excluding hydrogens is 174 g/mol. The summed E-state index contributed by atoms with van der Waals surface area (Å²) in [6, 6.07) is 0.610. The van der Waals surface area contributed by atoms with Crippen LogP contribution in [0.1, 0.15) is 44.6 Å². The molecule has 76 valence electrons. The van der Waals surface area contributed by atoms with E-state index in [9.17, 15) is 0 Å². The minimum atomic E-state index is 0.610. The Morgan fingerprint density at radius 3 is 2.50 bits per heavy atom. The predicted molar refractivity (Wildman–Crippen MR) is 55.8 cm³/mol. The molecule has 1 spiro atoms. The Kier molecular flexibility index (Phi) is 1.64. The summed E-state index contributed by atoms with van der Waals surface area (Å²) < 4.78 is 2.06. The van der Waals surface area contributed by atoms with Crippen molar-refractivity contribution in [1.29, 1.82) is 0 Å². The summed E-state index contributed by atoms with van der Waals surface area (Å²) in [4.78, 5) is 0. The van der Waals surface area contributed by atoms with Gasteiger partial charge in [-0.05, 0) is 43.9 Å². The lowest BCUT2D eigenvalue weighted by atomic mass is 9.83. The van der Waals surface area contributed by atoms with Crippen molar-refractivity contribution in [3.05, 3.63) is 12.4 Å². The van der Waals surface area contributed by atoms with Crippen molar-refractivity contribution in [3.8, 4) is 0 Å². The van der Waals surface area contributed by atoms with Crippen LogP contribution >= 0.6 is 0 Å². The van der Waals surface area contributed by atoms with Gasteiger partial charge in [-0.1, -0.05) is 0 Å². The standard InChI is InChI=1S/C11H17N3/c12-9-7-13-14(8-9)10-1-3-11(4-2-10)5-6-11/h7-8,10H,1-6,12H2. The highest BCUT2D eigenvalue weighted by molar-refractivity contribution is 5.30. The van der Waals surface area contributed by atoms with Crippen LogP contribution in [-0.2, 0) is 0 Å². The molecule has 2 N–H and O–H groups in total. The fraction of sp³-hybridized carbons (Fsp3) is 0.727. The molecule has 2 aliphatic rings. The molecule has 1 aromatic rings. The minimum Gasteiger partial charge on any atom is -0.396 e. The molecule has 3 rings (SSSR count). The molecule has 0 atom stereocenters. The Labute approximate surface area is 84.3 Å². The molecule has 0 amide bonds. The summed E-state index contributed by atoms with van der Waals surface area (Å²) in [6.45, 7) is 0. The van der Waals surface area contributed by atoms with E-state index in [1.54, 1.807) is 6.20 Å². The van der Waals surface area contributed by atoms with Crippen LogP contribution in [0.2, 0.25) is 0 Å². The number of nitrogen functional groups attached to an aromatic ring is 1. The molecule has 3 heteroatoms. The lowest BCUT2D eigenvalue weighted by Gasteiger charge is -2.28. The van der Waals surface area contributed by atoms with Gasteiger partial charge in [0.05, 0.1) is 17.9 Å². The largest absolute Gasteiger partial charge is 0.396 e. The van der Waals surface area contributed by atoms with Gasteiger partial charge in [-0.3, -0.25) is 4.68 Å². The van der Waals surface area contributed by atoms with E-state index in [-0.39, 0.29) is 0 Å². The van der Waals surface area contributed by atoms with E-state index in [0.717, 1.165) is 11.1 Å². The first-order valence-corrected chi connectivity index (χ1v) is 5.57. The zero-order chi connectivity index (χ0) is 9.60. The molecule has 1 heterocycles. The number of rotatable bonds is 1. The van der Waals surface area contributed by atoms with Gasteiger partial charge >= 0.3 is 0 Å². The Morgan fingerprint density at radius 1 is 1.29 bits per heavy atom. The van der Waals surface area contributed by atoms with Gasteiger partial charge in [0.25, 0.3) is 0 Å². The maximum absolute atomic E-state index is 5.67. The van der Waals surface area contributed by atoms with Gasteiger partial charge in [-0.15, -0.1) is 0 Å². The number of nitrogens with zero attached hydrogens (tertiary/aromatic N) is 2. The number of hydrogen-bond acceptors (Lipinski definition) is 2. The second-order valence-corrected chi connectivity index (χ2v) is 4.98. The molecule has 2 fully saturated rings. The van der Waals surface area contributed by atoms with E-state index in [4.69, 9.17) is 5.73 Å². The molecule has 1 aromatic heterocycles. The molecule has 2 saturated carbocycles. The quantitative estimate of drug-likeness (QED) is 0.740. The van der Waals surface area contributed by atoms with E-state index in [2.05, 4.69) is 9.78 Å². The van der Waals surface area contributed by atoms with Crippen LogP contribution in [0.15, 0.2) is 12.4 Å². The van der Waals surface area contributed by atoms with Crippen molar-refractivity contribution in [3.63, 3.8) is 0 Å². The molecule has 0 saturated heterocycles. The maximum atomic E-state index is 5.67. The Morgan fingerprint density at radius 2 is 2.00 bits per heavy atom. The normalized spacial score (nSPS) is 25.4. The first-order valence-electron chi connectivity index (χ1n) is 5.57. The summed E-state index contributed by atoms with van der Waals surface area (Å²) in [5.41, 5.74) is 7.23. The van der Waals surface area contributed by atoms with E-state index in [1.165, 1.54) is 38.5 Å². The van der Waals surface area contributed by atoms with Crippen molar-refractivity contribution in [1.82, 2.24) is 9.78 Å². The minimum absolute atomic E-state index is 0.610. The maximum Gasteiger partial charge on any atom is 0.0719 e. The first-order chi connectivity index (χ1) is 6.77. The number of nitrogens with two attached hydrogens (primary N) is 1. The lowest BCUT2D eigenvalue weighted by molar-refractivity contribution is 0.245. The van der Waals surface area contributed by atoms with E-state index in [1.807, 2.05) is 6.20 Å². The third-order valence-electron chi connectivity index (χ3n) is 3.97. The van der Waals surface area contributed by atoms with E-state index >= 15 is 0 Å². The smallest absolute Gasteiger partial charge is 0.0719 e. The van der Waals surface area contributed by atoms with Crippen molar-refractivity contribution in [2.45, 2.75) is 44.6 Å². The monoisotopic (exact) mass is 191 g/mol. The summed E-state index contributed by atoms with van der Waals surface area (Å²) >= 11 is 0. The molecule has 0 unspecified atom stereocenters. The number of aromatic nitrogens is 2. The Balaban J connectivity index is 1.70. The van der Waals surface area contributed by atoms with Gasteiger partial charge in [0.1, 0.15) is 0 Å². The van der Waals surface area contributed by atoms with Crippen LogP contribution in [0.5, 0.6) is 0 Å². The zero-order valence-electron chi connectivity index (χ0n) is 8.45. The van der Waals surface area contributed by atoms with Crippen molar-refractivity contribution in [2.24, 2.45) is 5.41 Å². The van der Waals surface area contributed by atoms with Gasteiger partial charge in [0.2, 0.25) is 0 Å². The van der Waals surface area contributed by atoms with Crippen LogP contribution in [0, 0.1) is 5.41 Å². The van der Waals surface area contributed by atoms with Crippen LogP contribution < -0.4 is 5.73 Å². The highest BCUT2D eigenvalue weighted by Gasteiger charge is 2.44. The summed E-state index contributed by atoms with van der Waals surface area (Å²) in [5, 5.41) is 4.30. The first kappa shape index (κ1) is 8.33. The van der Waals surface area contributed by atoms with Crippen LogP contribution in [-0.4, -0.2) is 9.78 Å². The van der Waals surface area contributed by atoms with Crippen molar-refractivity contribution >= 4 is 5.69 Å². The van der Waals surface area contributed by atoms with Gasteiger partial charge in [0.15, 0.2) is 0 Å². The molecule has 0 aliphatic heterocycles. The fourth-order valence-electron chi connectivity index (χ4n) is 2.71. The Hall–Kier alpha value is -0.990. The highest BCUT2D eigenvalue weighted by Crippen LogP contribution is 2.57. The molecule has 14 heavy (non-hydrogen) atoms. The summed E-state index contributed by atoms with van der Waals surface area (Å²) in [7, 11) is 0. The Bertz CT molecular complexity index is 328. The number of hydrogen-bond donors (Lipinski definition) is 1. The third kappa shape index (κ3) is 1.31. The average Bonchev–Trinajstić information content (AvgIpc) is 2.80. The van der Waals surface area contributed by atoms with E-state index in [0.29, 0.717) is 6.04 Å². The molecule has 0 bridgehead atoms. The van der Waals surface area contributed by atoms with Gasteiger partial charge in [-0.25, -0.2) is 0 Å². The average molecular weight is 191 g/mol. The molecule has 0 aromatic carbocycles. The molecule has 3 nitrogen and oxygen atoms in total. The lowest BCUT2D eigenvalue weighted by Crippen LogP contribution is -2.19. The fourth-order valence-corrected chi connectivity index (χ4v) is 2.71. The summed E-state index contributed by atoms with van der Waals surface area (Å²) in [6.07, 6.45) is 12.1. The second-order valence-electron chi connectivity index (χ2n) is 4.98. The topological polar surface area (TPSA) is 43.8 Å². The highest BCUT2D eigenvalue weighted by atomic mass is 15.3. The molecule has 0 radical (unpaired) electrons. The van der Waals surface area contributed by atoms with Gasteiger partial charge < -0.3 is 5.73 Å².